The number of benzene rings is 1. The molecular weight excluding hydrogens is 208 g/mol. The lowest BCUT2D eigenvalue weighted by atomic mass is 10.1. The van der Waals surface area contributed by atoms with E-state index >= 15 is 0 Å². The maximum absolute atomic E-state index is 6.10. The van der Waals surface area contributed by atoms with E-state index in [-0.39, 0.29) is 6.04 Å². The van der Waals surface area contributed by atoms with Gasteiger partial charge in [0.15, 0.2) is 0 Å². The molecule has 1 aromatic carbocycles. The molecule has 1 atom stereocenters. The van der Waals surface area contributed by atoms with E-state index in [9.17, 15) is 0 Å². The number of nitrogens with zero attached hydrogens (tertiary/aromatic N) is 1. The number of rotatable bonds is 3. The number of pyridine rings is 1. The first-order chi connectivity index (χ1) is 8.31. The molecular formula is C15H16N2. The molecule has 0 saturated heterocycles. The van der Waals surface area contributed by atoms with E-state index in [0.717, 1.165) is 29.4 Å². The van der Waals surface area contributed by atoms with E-state index in [0.29, 0.717) is 0 Å². The number of para-hydroxylation sites is 1. The molecule has 0 radical (unpaired) electrons. The van der Waals surface area contributed by atoms with Gasteiger partial charge in [0.2, 0.25) is 0 Å². The summed E-state index contributed by atoms with van der Waals surface area (Å²) < 4.78 is 0. The van der Waals surface area contributed by atoms with Crippen LogP contribution in [0.2, 0.25) is 0 Å². The summed E-state index contributed by atoms with van der Waals surface area (Å²) in [5.41, 5.74) is 8.04. The predicted molar refractivity (Wildman–Crippen MR) is 71.4 cm³/mol. The van der Waals surface area contributed by atoms with Crippen molar-refractivity contribution in [2.24, 2.45) is 5.73 Å². The van der Waals surface area contributed by atoms with Crippen LogP contribution < -0.4 is 5.73 Å². The van der Waals surface area contributed by atoms with Crippen molar-refractivity contribution in [1.82, 2.24) is 4.98 Å². The SMILES string of the molecule is CC#CCCC(N)c1ccc2ccccc2n1. The summed E-state index contributed by atoms with van der Waals surface area (Å²) in [6.07, 6.45) is 1.68. The second-order valence-electron chi connectivity index (χ2n) is 4.00. The van der Waals surface area contributed by atoms with Gasteiger partial charge < -0.3 is 5.73 Å². The zero-order valence-corrected chi connectivity index (χ0v) is 9.98. The van der Waals surface area contributed by atoms with Crippen molar-refractivity contribution in [3.63, 3.8) is 0 Å². The number of hydrogen-bond acceptors (Lipinski definition) is 2. The Morgan fingerprint density at radius 2 is 2.06 bits per heavy atom. The zero-order chi connectivity index (χ0) is 12.1. The van der Waals surface area contributed by atoms with Crippen LogP contribution in [0.5, 0.6) is 0 Å². The summed E-state index contributed by atoms with van der Waals surface area (Å²) in [6.45, 7) is 1.85. The van der Waals surface area contributed by atoms with Crippen LogP contribution in [0.25, 0.3) is 10.9 Å². The number of aromatic nitrogens is 1. The molecule has 17 heavy (non-hydrogen) atoms. The normalized spacial score (nSPS) is 11.9. The minimum atomic E-state index is -0.0274. The van der Waals surface area contributed by atoms with Gasteiger partial charge in [0.25, 0.3) is 0 Å². The van der Waals surface area contributed by atoms with Crippen LogP contribution >= 0.6 is 0 Å². The predicted octanol–water partition coefficient (Wildman–Crippen LogP) is 3.04. The van der Waals surface area contributed by atoms with Gasteiger partial charge in [-0.1, -0.05) is 24.3 Å². The van der Waals surface area contributed by atoms with Gasteiger partial charge in [-0.2, -0.15) is 0 Å². The smallest absolute Gasteiger partial charge is 0.0706 e. The lowest BCUT2D eigenvalue weighted by Crippen LogP contribution is -2.11. The van der Waals surface area contributed by atoms with Gasteiger partial charge in [-0.25, -0.2) is 0 Å². The van der Waals surface area contributed by atoms with E-state index in [1.807, 2.05) is 31.2 Å². The van der Waals surface area contributed by atoms with Gasteiger partial charge in [0.05, 0.1) is 11.2 Å². The molecule has 2 heteroatoms. The molecule has 1 heterocycles. The third kappa shape index (κ3) is 2.83. The lowest BCUT2D eigenvalue weighted by Gasteiger charge is -2.10. The summed E-state index contributed by atoms with van der Waals surface area (Å²) in [4.78, 5) is 4.58. The van der Waals surface area contributed by atoms with Crippen LogP contribution in [-0.4, -0.2) is 4.98 Å². The van der Waals surface area contributed by atoms with Crippen LogP contribution in [0, 0.1) is 11.8 Å². The van der Waals surface area contributed by atoms with Crippen LogP contribution in [-0.2, 0) is 0 Å². The van der Waals surface area contributed by atoms with Crippen LogP contribution in [0.3, 0.4) is 0 Å². The minimum Gasteiger partial charge on any atom is -0.323 e. The van der Waals surface area contributed by atoms with Gasteiger partial charge >= 0.3 is 0 Å². The Kier molecular flexibility index (Phi) is 3.74. The average Bonchev–Trinajstić information content (AvgIpc) is 2.38. The number of hydrogen-bond donors (Lipinski definition) is 1. The molecule has 0 amide bonds. The van der Waals surface area contributed by atoms with Crippen LogP contribution in [0.1, 0.15) is 31.5 Å². The molecule has 2 rings (SSSR count). The molecule has 1 unspecified atom stereocenters. The molecule has 2 N–H and O–H groups in total. The highest BCUT2D eigenvalue weighted by molar-refractivity contribution is 5.78. The van der Waals surface area contributed by atoms with Gasteiger partial charge in [0.1, 0.15) is 0 Å². The zero-order valence-electron chi connectivity index (χ0n) is 9.98. The van der Waals surface area contributed by atoms with Gasteiger partial charge in [-0.05, 0) is 25.5 Å². The molecule has 2 aromatic rings. The maximum Gasteiger partial charge on any atom is 0.0706 e. The van der Waals surface area contributed by atoms with Crippen molar-refractivity contribution in [3.8, 4) is 11.8 Å². The standard InChI is InChI=1S/C15H16N2/c1-2-3-4-8-13(16)15-11-10-12-7-5-6-9-14(12)17-15/h5-7,9-11,13H,4,8,16H2,1H3. The highest BCUT2D eigenvalue weighted by Gasteiger charge is 2.07. The first-order valence-corrected chi connectivity index (χ1v) is 5.82. The monoisotopic (exact) mass is 224 g/mol. The topological polar surface area (TPSA) is 38.9 Å². The summed E-state index contributed by atoms with van der Waals surface area (Å²) >= 11 is 0. The second kappa shape index (κ2) is 5.47. The van der Waals surface area contributed by atoms with Gasteiger partial charge in [-0.15, -0.1) is 11.8 Å². The Labute approximate surface area is 102 Å². The van der Waals surface area contributed by atoms with Crippen molar-refractivity contribution in [2.45, 2.75) is 25.8 Å². The van der Waals surface area contributed by atoms with E-state index in [2.05, 4.69) is 29.0 Å². The molecule has 1 aromatic heterocycles. The largest absolute Gasteiger partial charge is 0.323 e. The Bertz CT molecular complexity index is 564. The maximum atomic E-state index is 6.10. The molecule has 0 saturated carbocycles. The first-order valence-electron chi connectivity index (χ1n) is 5.82. The third-order valence-corrected chi connectivity index (χ3v) is 2.76. The second-order valence-corrected chi connectivity index (χ2v) is 4.00. The first kappa shape index (κ1) is 11.6. The molecule has 0 fully saturated rings. The fourth-order valence-electron chi connectivity index (χ4n) is 1.79. The molecule has 0 aliphatic heterocycles. The van der Waals surface area contributed by atoms with Crippen molar-refractivity contribution < 1.29 is 0 Å². The van der Waals surface area contributed by atoms with E-state index in [1.54, 1.807) is 0 Å². The minimum absolute atomic E-state index is 0.0274. The van der Waals surface area contributed by atoms with Crippen molar-refractivity contribution in [3.05, 3.63) is 42.1 Å². The Morgan fingerprint density at radius 1 is 1.24 bits per heavy atom. The summed E-state index contributed by atoms with van der Waals surface area (Å²) in [6, 6.07) is 12.1. The molecule has 86 valence electrons. The highest BCUT2D eigenvalue weighted by Crippen LogP contribution is 2.17. The Balaban J connectivity index is 2.19. The van der Waals surface area contributed by atoms with Crippen LogP contribution in [0.15, 0.2) is 36.4 Å². The van der Waals surface area contributed by atoms with Crippen molar-refractivity contribution in [1.29, 1.82) is 0 Å². The van der Waals surface area contributed by atoms with Gasteiger partial charge in [0, 0.05) is 17.8 Å². The number of nitrogens with two attached hydrogens (primary N) is 1. The highest BCUT2D eigenvalue weighted by atomic mass is 14.8. The fraction of sp³-hybridized carbons (Fsp3) is 0.267. The summed E-state index contributed by atoms with van der Waals surface area (Å²) in [5, 5.41) is 1.15. The number of fused-ring (bicyclic) bond motifs is 1. The quantitative estimate of drug-likeness (QED) is 0.814. The van der Waals surface area contributed by atoms with Gasteiger partial charge in [-0.3, -0.25) is 4.98 Å². The van der Waals surface area contributed by atoms with Crippen LogP contribution in [0.4, 0.5) is 0 Å². The lowest BCUT2D eigenvalue weighted by molar-refractivity contribution is 0.650. The molecule has 0 spiro atoms. The van der Waals surface area contributed by atoms with Crippen molar-refractivity contribution in [2.75, 3.05) is 0 Å². The summed E-state index contributed by atoms with van der Waals surface area (Å²) in [5.74, 6) is 5.91. The molecule has 0 aliphatic carbocycles. The molecule has 0 aliphatic rings. The molecule has 0 bridgehead atoms. The molecule has 2 nitrogen and oxygen atoms in total. The van der Waals surface area contributed by atoms with E-state index in [1.165, 1.54) is 0 Å². The average molecular weight is 224 g/mol. The van der Waals surface area contributed by atoms with Crippen molar-refractivity contribution >= 4 is 10.9 Å². The fourth-order valence-corrected chi connectivity index (χ4v) is 1.79. The Hall–Kier alpha value is -1.85. The summed E-state index contributed by atoms with van der Waals surface area (Å²) in [7, 11) is 0. The Morgan fingerprint density at radius 3 is 2.88 bits per heavy atom. The van der Waals surface area contributed by atoms with E-state index < -0.39 is 0 Å². The third-order valence-electron chi connectivity index (χ3n) is 2.76. The van der Waals surface area contributed by atoms with E-state index in [4.69, 9.17) is 5.73 Å².